The van der Waals surface area contributed by atoms with Crippen LogP contribution in [-0.2, 0) is 14.8 Å². The van der Waals surface area contributed by atoms with E-state index in [4.69, 9.17) is 0 Å². The molecular formula is C24H24FN5O3S2. The summed E-state index contributed by atoms with van der Waals surface area (Å²) >= 11 is 1.22. The predicted molar refractivity (Wildman–Crippen MR) is 135 cm³/mol. The van der Waals surface area contributed by atoms with Gasteiger partial charge in [-0.15, -0.1) is 11.3 Å². The van der Waals surface area contributed by atoms with E-state index in [1.165, 1.54) is 17.4 Å². The number of rotatable bonds is 8. The van der Waals surface area contributed by atoms with Crippen molar-refractivity contribution in [3.8, 4) is 0 Å². The summed E-state index contributed by atoms with van der Waals surface area (Å²) < 4.78 is 43.1. The van der Waals surface area contributed by atoms with Crippen molar-refractivity contribution in [2.75, 3.05) is 29.3 Å². The first-order valence-corrected chi connectivity index (χ1v) is 13.5. The number of benzene rings is 2. The Balaban J connectivity index is 1.13. The van der Waals surface area contributed by atoms with Crippen LogP contribution in [0.4, 0.5) is 15.2 Å². The number of hydrogen-bond donors (Lipinski definition) is 2. The van der Waals surface area contributed by atoms with E-state index in [-0.39, 0.29) is 16.6 Å². The van der Waals surface area contributed by atoms with E-state index in [9.17, 15) is 17.6 Å². The van der Waals surface area contributed by atoms with Gasteiger partial charge in [-0.25, -0.2) is 17.8 Å². The first-order chi connectivity index (χ1) is 16.8. The van der Waals surface area contributed by atoms with Crippen molar-refractivity contribution in [2.45, 2.75) is 17.9 Å². The van der Waals surface area contributed by atoms with Crippen molar-refractivity contribution in [3.05, 3.63) is 72.1 Å². The minimum Gasteiger partial charge on any atom is -0.371 e. The molecule has 4 aromatic rings. The van der Waals surface area contributed by atoms with Crippen LogP contribution in [0.25, 0.3) is 10.9 Å². The molecule has 1 fully saturated rings. The van der Waals surface area contributed by atoms with Gasteiger partial charge in [0.2, 0.25) is 5.91 Å². The molecule has 182 valence electrons. The lowest BCUT2D eigenvalue weighted by molar-refractivity contribution is -0.124. The molecule has 0 aliphatic carbocycles. The lowest BCUT2D eigenvalue weighted by Gasteiger charge is -2.41. The van der Waals surface area contributed by atoms with Gasteiger partial charge in [-0.3, -0.25) is 9.52 Å². The predicted octanol–water partition coefficient (Wildman–Crippen LogP) is 3.85. The molecule has 5 rings (SSSR count). The van der Waals surface area contributed by atoms with Crippen LogP contribution in [0.5, 0.6) is 0 Å². The number of carbonyl (C=O) groups excluding carboxylic acids is 1. The Morgan fingerprint density at radius 1 is 1.20 bits per heavy atom. The Morgan fingerprint density at radius 3 is 2.69 bits per heavy atom. The molecule has 1 saturated heterocycles. The van der Waals surface area contributed by atoms with Gasteiger partial charge in [-0.2, -0.15) is 0 Å². The summed E-state index contributed by atoms with van der Waals surface area (Å²) in [5.41, 5.74) is 1.62. The molecule has 1 aliphatic rings. The number of nitrogens with zero attached hydrogens (tertiary/aromatic N) is 3. The number of fused-ring (bicyclic) bond motifs is 1. The zero-order chi connectivity index (χ0) is 24.6. The summed E-state index contributed by atoms with van der Waals surface area (Å²) in [6, 6.07) is 12.8. The first kappa shape index (κ1) is 23.3. The van der Waals surface area contributed by atoms with E-state index in [0.717, 1.165) is 18.8 Å². The second kappa shape index (κ2) is 9.31. The second-order valence-electron chi connectivity index (χ2n) is 8.52. The number of thiazole rings is 1. The topological polar surface area (TPSA) is 96.3 Å². The molecule has 1 amide bonds. The number of halogens is 1. The number of amides is 1. The van der Waals surface area contributed by atoms with E-state index in [0.29, 0.717) is 28.5 Å². The quantitative estimate of drug-likeness (QED) is 0.373. The maximum atomic E-state index is 14.0. The SMILES string of the molecule is CC(C(=O)NCC1CN(c2ccc(S(=O)(=O)Nc3nccs3)cc2)C1)n1ccc2c(F)cccc21. The van der Waals surface area contributed by atoms with Crippen molar-refractivity contribution in [1.29, 1.82) is 0 Å². The van der Waals surface area contributed by atoms with Gasteiger partial charge >= 0.3 is 0 Å². The van der Waals surface area contributed by atoms with Crippen LogP contribution in [0.3, 0.4) is 0 Å². The average molecular weight is 514 g/mol. The highest BCUT2D eigenvalue weighted by Crippen LogP contribution is 2.27. The Bertz CT molecular complexity index is 1450. The zero-order valence-electron chi connectivity index (χ0n) is 18.9. The molecule has 1 unspecified atom stereocenters. The van der Waals surface area contributed by atoms with Crippen LogP contribution in [0, 0.1) is 11.7 Å². The van der Waals surface area contributed by atoms with Crippen LogP contribution in [0.1, 0.15) is 13.0 Å². The largest absolute Gasteiger partial charge is 0.371 e. The fraction of sp³-hybridized carbons (Fsp3) is 0.250. The molecule has 0 spiro atoms. The molecule has 2 aromatic carbocycles. The minimum atomic E-state index is -3.68. The van der Waals surface area contributed by atoms with Gasteiger partial charge in [-0.05, 0) is 49.4 Å². The Labute approximate surface area is 206 Å². The van der Waals surface area contributed by atoms with Gasteiger partial charge in [-0.1, -0.05) is 6.07 Å². The molecule has 3 heterocycles. The van der Waals surface area contributed by atoms with Crippen molar-refractivity contribution in [1.82, 2.24) is 14.9 Å². The van der Waals surface area contributed by atoms with Crippen molar-refractivity contribution in [3.63, 3.8) is 0 Å². The van der Waals surface area contributed by atoms with Gasteiger partial charge in [0.15, 0.2) is 5.13 Å². The highest BCUT2D eigenvalue weighted by atomic mass is 32.2. The van der Waals surface area contributed by atoms with Crippen LogP contribution < -0.4 is 14.9 Å². The number of hydrogen-bond acceptors (Lipinski definition) is 6. The Morgan fingerprint density at radius 2 is 1.97 bits per heavy atom. The third kappa shape index (κ3) is 4.73. The van der Waals surface area contributed by atoms with Crippen molar-refractivity contribution in [2.24, 2.45) is 5.92 Å². The minimum absolute atomic E-state index is 0.118. The van der Waals surface area contributed by atoms with E-state index in [2.05, 4.69) is 19.9 Å². The van der Waals surface area contributed by atoms with Crippen LogP contribution in [-0.4, -0.2) is 43.5 Å². The maximum Gasteiger partial charge on any atom is 0.263 e. The summed E-state index contributed by atoms with van der Waals surface area (Å²) in [6.45, 7) is 3.86. The molecule has 8 nitrogen and oxygen atoms in total. The number of aromatic nitrogens is 2. The molecule has 2 aromatic heterocycles. The van der Waals surface area contributed by atoms with E-state index >= 15 is 0 Å². The lowest BCUT2D eigenvalue weighted by Crippen LogP contribution is -2.52. The fourth-order valence-corrected chi connectivity index (χ4v) is 5.99. The summed E-state index contributed by atoms with van der Waals surface area (Å²) in [4.78, 5) is 19.0. The van der Waals surface area contributed by atoms with E-state index < -0.39 is 16.1 Å². The summed E-state index contributed by atoms with van der Waals surface area (Å²) in [6.07, 6.45) is 3.28. The second-order valence-corrected chi connectivity index (χ2v) is 11.1. The molecule has 0 bridgehead atoms. The highest BCUT2D eigenvalue weighted by molar-refractivity contribution is 7.93. The summed E-state index contributed by atoms with van der Waals surface area (Å²) in [5.74, 6) is -0.127. The third-order valence-corrected chi connectivity index (χ3v) is 8.37. The number of carbonyl (C=O) groups is 1. The zero-order valence-corrected chi connectivity index (χ0v) is 20.5. The van der Waals surface area contributed by atoms with E-state index in [1.807, 2.05) is 0 Å². The lowest BCUT2D eigenvalue weighted by atomic mass is 9.99. The Hall–Kier alpha value is -3.44. The highest BCUT2D eigenvalue weighted by Gasteiger charge is 2.28. The molecular weight excluding hydrogens is 489 g/mol. The van der Waals surface area contributed by atoms with Gasteiger partial charge in [0, 0.05) is 54.4 Å². The standard InChI is InChI=1S/C24H24FN5O3S2/c1-16(30-11-9-20-21(25)3-2-4-22(20)30)23(31)27-13-17-14-29(15-17)18-5-7-19(8-6-18)35(32,33)28-24-26-10-12-34-24/h2-12,16-17H,13-15H2,1H3,(H,26,28)(H,27,31). The van der Waals surface area contributed by atoms with Gasteiger partial charge in [0.1, 0.15) is 11.9 Å². The molecule has 1 aliphatic heterocycles. The average Bonchev–Trinajstić information content (AvgIpc) is 3.48. The summed E-state index contributed by atoms with van der Waals surface area (Å²) in [5, 5.41) is 5.53. The molecule has 11 heteroatoms. The van der Waals surface area contributed by atoms with Gasteiger partial charge in [0.25, 0.3) is 10.0 Å². The van der Waals surface area contributed by atoms with Gasteiger partial charge in [0.05, 0.1) is 10.4 Å². The number of sulfonamides is 1. The maximum absolute atomic E-state index is 14.0. The first-order valence-electron chi connectivity index (χ1n) is 11.1. The molecule has 35 heavy (non-hydrogen) atoms. The van der Waals surface area contributed by atoms with Crippen molar-refractivity contribution >= 4 is 49.0 Å². The molecule has 0 saturated carbocycles. The molecule has 1 atom stereocenters. The molecule has 2 N–H and O–H groups in total. The normalized spacial score (nSPS) is 15.1. The van der Waals surface area contributed by atoms with Gasteiger partial charge < -0.3 is 14.8 Å². The van der Waals surface area contributed by atoms with Crippen LogP contribution in [0.15, 0.2) is 71.2 Å². The van der Waals surface area contributed by atoms with E-state index in [1.54, 1.807) is 71.7 Å². The summed E-state index contributed by atoms with van der Waals surface area (Å²) in [7, 11) is -3.68. The number of nitrogens with one attached hydrogen (secondary N) is 2. The van der Waals surface area contributed by atoms with Crippen molar-refractivity contribution < 1.29 is 17.6 Å². The number of anilines is 2. The smallest absolute Gasteiger partial charge is 0.263 e. The molecule has 0 radical (unpaired) electrons. The van der Waals surface area contributed by atoms with Crippen LogP contribution in [0.2, 0.25) is 0 Å². The Kier molecular flexibility index (Phi) is 6.20. The third-order valence-electron chi connectivity index (χ3n) is 6.19. The monoisotopic (exact) mass is 513 g/mol. The van der Waals surface area contributed by atoms with Crippen LogP contribution >= 0.6 is 11.3 Å². The fourth-order valence-electron chi connectivity index (χ4n) is 4.20.